The Morgan fingerprint density at radius 1 is 1.15 bits per heavy atom. The van der Waals surface area contributed by atoms with Gasteiger partial charge in [-0.05, 0) is 62.2 Å². The summed E-state index contributed by atoms with van der Waals surface area (Å²) in [6.07, 6.45) is 8.01. The van der Waals surface area contributed by atoms with Crippen LogP contribution in [0.2, 0.25) is 0 Å². The van der Waals surface area contributed by atoms with Crippen LogP contribution < -0.4 is 10.6 Å². The highest BCUT2D eigenvalue weighted by Crippen LogP contribution is 2.58. The molecule has 3 nitrogen and oxygen atoms in total. The summed E-state index contributed by atoms with van der Waals surface area (Å²) in [6, 6.07) is 0.770. The third-order valence-corrected chi connectivity index (χ3v) is 6.60. The minimum atomic E-state index is 0.0601. The van der Waals surface area contributed by atoms with Crippen molar-refractivity contribution in [3.63, 3.8) is 0 Å². The van der Waals surface area contributed by atoms with Crippen molar-refractivity contribution in [3.8, 4) is 0 Å². The molecule has 2 N–H and O–H groups in total. The molecule has 0 aliphatic heterocycles. The molecule has 3 fully saturated rings. The Hall–Kier alpha value is -0.730. The van der Waals surface area contributed by atoms with E-state index >= 15 is 0 Å². The van der Waals surface area contributed by atoms with Gasteiger partial charge in [0.15, 0.2) is 0 Å². The monoisotopic (exact) mass is 278 g/mol. The van der Waals surface area contributed by atoms with Crippen molar-refractivity contribution in [1.82, 2.24) is 10.6 Å². The summed E-state index contributed by atoms with van der Waals surface area (Å²) >= 11 is 0. The van der Waals surface area contributed by atoms with E-state index in [1.807, 2.05) is 0 Å². The van der Waals surface area contributed by atoms with Crippen molar-refractivity contribution in [2.75, 3.05) is 0 Å². The first-order chi connectivity index (χ1) is 9.60. The third kappa shape index (κ3) is 2.44. The van der Waals surface area contributed by atoms with E-state index < -0.39 is 0 Å². The van der Waals surface area contributed by atoms with E-state index in [4.69, 9.17) is 0 Å². The molecule has 3 aliphatic carbocycles. The fourth-order valence-electron chi connectivity index (χ4n) is 5.15. The van der Waals surface area contributed by atoms with E-state index in [9.17, 15) is 4.79 Å². The van der Waals surface area contributed by atoms with Gasteiger partial charge in [0.25, 0.3) is 0 Å². The minimum absolute atomic E-state index is 0.0601. The van der Waals surface area contributed by atoms with Gasteiger partial charge in [-0.15, -0.1) is 0 Å². The molecule has 3 rings (SSSR count). The van der Waals surface area contributed by atoms with Crippen molar-refractivity contribution in [2.45, 2.75) is 71.4 Å². The highest BCUT2D eigenvalue weighted by atomic mass is 16.2. The van der Waals surface area contributed by atoms with Gasteiger partial charge in [-0.2, -0.15) is 0 Å². The van der Waals surface area contributed by atoms with Crippen molar-refractivity contribution >= 4 is 6.03 Å². The molecule has 0 heterocycles. The maximum absolute atomic E-state index is 12.2. The zero-order valence-electron chi connectivity index (χ0n) is 13.2. The number of nitrogens with one attached hydrogen (secondary N) is 2. The van der Waals surface area contributed by atoms with Gasteiger partial charge in [-0.25, -0.2) is 4.79 Å². The van der Waals surface area contributed by atoms with Crippen LogP contribution in [-0.4, -0.2) is 18.1 Å². The van der Waals surface area contributed by atoms with Crippen LogP contribution in [0.4, 0.5) is 4.79 Å². The molecule has 0 aromatic rings. The number of carbonyl (C=O) groups is 1. The third-order valence-electron chi connectivity index (χ3n) is 6.60. The van der Waals surface area contributed by atoms with Gasteiger partial charge in [0.1, 0.15) is 0 Å². The van der Waals surface area contributed by atoms with Gasteiger partial charge in [0.05, 0.1) is 0 Å². The highest BCUT2D eigenvalue weighted by molar-refractivity contribution is 5.74. The Morgan fingerprint density at radius 3 is 2.65 bits per heavy atom. The van der Waals surface area contributed by atoms with Gasteiger partial charge in [0, 0.05) is 12.1 Å². The standard InChI is InChI=1S/C17H30N2O/c1-4-10(2)11(3)18-17(20)19-16-9-12-8-15(16)14-7-5-6-13(12)14/h10-16H,4-9H2,1-3H3,(H2,18,19,20)/t10-,11-,12+,13-,14-,15-,16+/m0/s1. The molecule has 0 saturated heterocycles. The molecule has 3 aliphatic rings. The van der Waals surface area contributed by atoms with Gasteiger partial charge in [-0.3, -0.25) is 0 Å². The zero-order valence-corrected chi connectivity index (χ0v) is 13.2. The highest BCUT2D eigenvalue weighted by Gasteiger charge is 2.54. The Balaban J connectivity index is 1.51. The molecule has 20 heavy (non-hydrogen) atoms. The fourth-order valence-corrected chi connectivity index (χ4v) is 5.15. The minimum Gasteiger partial charge on any atom is -0.335 e. The van der Waals surface area contributed by atoms with E-state index in [-0.39, 0.29) is 12.1 Å². The van der Waals surface area contributed by atoms with Crippen molar-refractivity contribution in [1.29, 1.82) is 0 Å². The topological polar surface area (TPSA) is 41.1 Å². The number of hydrogen-bond donors (Lipinski definition) is 2. The normalized spacial score (nSPS) is 41.2. The average molecular weight is 278 g/mol. The molecule has 3 saturated carbocycles. The number of amides is 2. The molecule has 0 radical (unpaired) electrons. The summed E-state index contributed by atoms with van der Waals surface area (Å²) in [5.74, 6) is 4.15. The molecular weight excluding hydrogens is 248 g/mol. The summed E-state index contributed by atoms with van der Waals surface area (Å²) in [6.45, 7) is 6.49. The number of fused-ring (bicyclic) bond motifs is 5. The van der Waals surface area contributed by atoms with Crippen LogP contribution in [0.1, 0.15) is 59.3 Å². The molecule has 114 valence electrons. The molecule has 0 aromatic heterocycles. The van der Waals surface area contributed by atoms with Crippen LogP contribution in [-0.2, 0) is 0 Å². The molecular formula is C17H30N2O. The average Bonchev–Trinajstić information content (AvgIpc) is 3.08. The summed E-state index contributed by atoms with van der Waals surface area (Å²) in [5, 5.41) is 6.41. The van der Waals surface area contributed by atoms with Crippen LogP contribution in [0.15, 0.2) is 0 Å². The smallest absolute Gasteiger partial charge is 0.315 e. The molecule has 0 aromatic carbocycles. The quantitative estimate of drug-likeness (QED) is 0.811. The second-order valence-corrected chi connectivity index (χ2v) is 7.55. The van der Waals surface area contributed by atoms with E-state index in [0.717, 1.165) is 30.1 Å². The molecule has 7 atom stereocenters. The Morgan fingerprint density at radius 2 is 1.90 bits per heavy atom. The Kier molecular flexibility index (Phi) is 3.96. The van der Waals surface area contributed by atoms with Crippen LogP contribution >= 0.6 is 0 Å². The summed E-state index contributed by atoms with van der Waals surface area (Å²) in [7, 11) is 0. The van der Waals surface area contributed by atoms with Gasteiger partial charge in [0.2, 0.25) is 0 Å². The number of carbonyl (C=O) groups excluding carboxylic acids is 1. The summed E-state index contributed by atoms with van der Waals surface area (Å²) in [4.78, 5) is 12.2. The first-order valence-corrected chi connectivity index (χ1v) is 8.67. The van der Waals surface area contributed by atoms with E-state index in [1.54, 1.807) is 0 Å². The lowest BCUT2D eigenvalue weighted by molar-refractivity contribution is 0.194. The lowest BCUT2D eigenvalue weighted by atomic mass is 9.79. The van der Waals surface area contributed by atoms with E-state index in [2.05, 4.69) is 31.4 Å². The second kappa shape index (κ2) is 5.57. The largest absolute Gasteiger partial charge is 0.335 e. The lowest BCUT2D eigenvalue weighted by Crippen LogP contribution is -2.50. The zero-order chi connectivity index (χ0) is 14.3. The number of rotatable bonds is 4. The predicted octanol–water partition coefficient (Wildman–Crippen LogP) is 3.54. The predicted molar refractivity (Wildman–Crippen MR) is 81.4 cm³/mol. The lowest BCUT2D eigenvalue weighted by Gasteiger charge is -2.32. The van der Waals surface area contributed by atoms with Gasteiger partial charge < -0.3 is 10.6 Å². The Labute approximate surface area is 123 Å². The first kappa shape index (κ1) is 14.2. The van der Waals surface area contributed by atoms with E-state index in [0.29, 0.717) is 12.0 Å². The van der Waals surface area contributed by atoms with Crippen molar-refractivity contribution in [2.24, 2.45) is 29.6 Å². The maximum atomic E-state index is 12.2. The molecule has 2 amide bonds. The summed E-state index contributed by atoms with van der Waals surface area (Å²) in [5.41, 5.74) is 0. The molecule has 0 spiro atoms. The van der Waals surface area contributed by atoms with Crippen LogP contribution in [0.5, 0.6) is 0 Å². The first-order valence-electron chi connectivity index (χ1n) is 8.67. The van der Waals surface area contributed by atoms with Gasteiger partial charge in [-0.1, -0.05) is 26.7 Å². The van der Waals surface area contributed by atoms with Crippen molar-refractivity contribution in [3.05, 3.63) is 0 Å². The number of hydrogen-bond acceptors (Lipinski definition) is 1. The summed E-state index contributed by atoms with van der Waals surface area (Å²) < 4.78 is 0. The van der Waals surface area contributed by atoms with Crippen LogP contribution in [0.3, 0.4) is 0 Å². The maximum Gasteiger partial charge on any atom is 0.315 e. The second-order valence-electron chi connectivity index (χ2n) is 7.55. The van der Waals surface area contributed by atoms with Crippen LogP contribution in [0.25, 0.3) is 0 Å². The van der Waals surface area contributed by atoms with Gasteiger partial charge >= 0.3 is 6.03 Å². The van der Waals surface area contributed by atoms with Crippen LogP contribution in [0, 0.1) is 29.6 Å². The SMILES string of the molecule is CC[C@H](C)[C@H](C)NC(=O)N[C@@H]1C[C@H]2C[C@H]1[C@H]1CCC[C@@H]21. The van der Waals surface area contributed by atoms with Crippen molar-refractivity contribution < 1.29 is 4.79 Å². The van der Waals surface area contributed by atoms with E-state index in [1.165, 1.54) is 32.1 Å². The number of urea groups is 1. The fraction of sp³-hybridized carbons (Fsp3) is 0.941. The Bertz CT molecular complexity index is 370. The molecule has 0 unspecified atom stereocenters. The molecule has 3 heteroatoms. The molecule has 2 bridgehead atoms.